The molecule has 0 bridgehead atoms. The lowest BCUT2D eigenvalue weighted by Crippen LogP contribution is -2.15. The second kappa shape index (κ2) is 3.35. The number of benzene rings is 1. The molecule has 0 atom stereocenters. The van der Waals surface area contributed by atoms with E-state index in [0.717, 1.165) is 23.0 Å². The third-order valence-electron chi connectivity index (χ3n) is 2.90. The SMILES string of the molecule is Fc1cccc2[nH]cc(CNC3CC3)c12. The van der Waals surface area contributed by atoms with E-state index in [9.17, 15) is 4.39 Å². The monoisotopic (exact) mass is 204 g/mol. The molecule has 1 aromatic heterocycles. The molecule has 0 saturated heterocycles. The molecular formula is C12H13FN2. The summed E-state index contributed by atoms with van der Waals surface area (Å²) in [5.74, 6) is -0.138. The van der Waals surface area contributed by atoms with Crippen molar-refractivity contribution in [2.75, 3.05) is 0 Å². The number of aromatic nitrogens is 1. The Kier molecular flexibility index (Phi) is 1.99. The van der Waals surface area contributed by atoms with E-state index in [2.05, 4.69) is 10.3 Å². The van der Waals surface area contributed by atoms with Crippen LogP contribution in [0.15, 0.2) is 24.4 Å². The molecule has 0 spiro atoms. The first-order valence-electron chi connectivity index (χ1n) is 5.32. The molecule has 2 aromatic rings. The van der Waals surface area contributed by atoms with Gasteiger partial charge in [0.05, 0.1) is 0 Å². The van der Waals surface area contributed by atoms with Gasteiger partial charge in [-0.1, -0.05) is 6.07 Å². The molecule has 78 valence electrons. The van der Waals surface area contributed by atoms with Gasteiger partial charge in [-0.15, -0.1) is 0 Å². The van der Waals surface area contributed by atoms with E-state index in [1.807, 2.05) is 12.3 Å². The van der Waals surface area contributed by atoms with Gasteiger partial charge in [-0.3, -0.25) is 0 Å². The molecule has 1 fully saturated rings. The minimum Gasteiger partial charge on any atom is -0.361 e. The molecule has 1 aromatic carbocycles. The lowest BCUT2D eigenvalue weighted by molar-refractivity contribution is 0.635. The quantitative estimate of drug-likeness (QED) is 0.790. The van der Waals surface area contributed by atoms with Crippen LogP contribution in [0.4, 0.5) is 4.39 Å². The van der Waals surface area contributed by atoms with E-state index in [1.165, 1.54) is 18.9 Å². The molecule has 1 saturated carbocycles. The van der Waals surface area contributed by atoms with Crippen molar-refractivity contribution in [1.29, 1.82) is 0 Å². The van der Waals surface area contributed by atoms with Gasteiger partial charge in [-0.05, 0) is 30.5 Å². The highest BCUT2D eigenvalue weighted by atomic mass is 19.1. The highest BCUT2D eigenvalue weighted by molar-refractivity contribution is 5.83. The average molecular weight is 204 g/mol. The van der Waals surface area contributed by atoms with E-state index >= 15 is 0 Å². The maximum absolute atomic E-state index is 13.6. The minimum atomic E-state index is -0.138. The number of nitrogens with one attached hydrogen (secondary N) is 2. The Hall–Kier alpha value is -1.35. The number of H-pyrrole nitrogens is 1. The number of fused-ring (bicyclic) bond motifs is 1. The first kappa shape index (κ1) is 8.92. The fraction of sp³-hybridized carbons (Fsp3) is 0.333. The number of halogens is 1. The summed E-state index contributed by atoms with van der Waals surface area (Å²) < 4.78 is 13.6. The van der Waals surface area contributed by atoms with Gasteiger partial charge in [0, 0.05) is 29.7 Å². The highest BCUT2D eigenvalue weighted by Crippen LogP contribution is 2.23. The smallest absolute Gasteiger partial charge is 0.132 e. The van der Waals surface area contributed by atoms with E-state index < -0.39 is 0 Å². The van der Waals surface area contributed by atoms with E-state index in [1.54, 1.807) is 6.07 Å². The van der Waals surface area contributed by atoms with Crippen LogP contribution in [0.1, 0.15) is 18.4 Å². The maximum atomic E-state index is 13.6. The summed E-state index contributed by atoms with van der Waals surface area (Å²) >= 11 is 0. The fourth-order valence-electron chi connectivity index (χ4n) is 1.89. The molecular weight excluding hydrogens is 191 g/mol. The van der Waals surface area contributed by atoms with Crippen LogP contribution in [0, 0.1) is 5.82 Å². The molecule has 2 nitrogen and oxygen atoms in total. The third-order valence-corrected chi connectivity index (χ3v) is 2.90. The molecule has 3 rings (SSSR count). The van der Waals surface area contributed by atoms with Crippen molar-refractivity contribution in [3.05, 3.63) is 35.8 Å². The van der Waals surface area contributed by atoms with Crippen molar-refractivity contribution in [3.8, 4) is 0 Å². The largest absolute Gasteiger partial charge is 0.361 e. The molecule has 1 aliphatic rings. The Morgan fingerprint density at radius 3 is 3.07 bits per heavy atom. The van der Waals surface area contributed by atoms with Crippen LogP contribution in [0.2, 0.25) is 0 Å². The summed E-state index contributed by atoms with van der Waals surface area (Å²) in [6.07, 6.45) is 4.40. The number of rotatable bonds is 3. The van der Waals surface area contributed by atoms with Gasteiger partial charge >= 0.3 is 0 Å². The number of aromatic amines is 1. The third kappa shape index (κ3) is 1.63. The second-order valence-electron chi connectivity index (χ2n) is 4.13. The Morgan fingerprint density at radius 2 is 2.27 bits per heavy atom. The number of hydrogen-bond donors (Lipinski definition) is 2. The Balaban J connectivity index is 1.94. The van der Waals surface area contributed by atoms with Crippen molar-refractivity contribution < 1.29 is 4.39 Å². The fourth-order valence-corrected chi connectivity index (χ4v) is 1.89. The van der Waals surface area contributed by atoms with Crippen molar-refractivity contribution in [1.82, 2.24) is 10.3 Å². The second-order valence-corrected chi connectivity index (χ2v) is 4.13. The minimum absolute atomic E-state index is 0.138. The maximum Gasteiger partial charge on any atom is 0.132 e. The van der Waals surface area contributed by atoms with Gasteiger partial charge in [0.25, 0.3) is 0 Å². The van der Waals surface area contributed by atoms with Crippen molar-refractivity contribution in [3.63, 3.8) is 0 Å². The van der Waals surface area contributed by atoms with Gasteiger partial charge in [0.15, 0.2) is 0 Å². The van der Waals surface area contributed by atoms with Crippen LogP contribution in [-0.2, 0) is 6.54 Å². The molecule has 2 N–H and O–H groups in total. The first-order valence-corrected chi connectivity index (χ1v) is 5.32. The predicted molar refractivity (Wildman–Crippen MR) is 58.1 cm³/mol. The van der Waals surface area contributed by atoms with Crippen LogP contribution in [0.5, 0.6) is 0 Å². The normalized spacial score (nSPS) is 16.1. The van der Waals surface area contributed by atoms with Gasteiger partial charge in [-0.2, -0.15) is 0 Å². The summed E-state index contributed by atoms with van der Waals surface area (Å²) in [4.78, 5) is 3.09. The molecule has 0 radical (unpaired) electrons. The zero-order valence-corrected chi connectivity index (χ0v) is 8.39. The number of hydrogen-bond acceptors (Lipinski definition) is 1. The standard InChI is InChI=1S/C12H13FN2/c13-10-2-1-3-11-12(10)8(7-15-11)6-14-9-4-5-9/h1-3,7,9,14-15H,4-6H2. The zero-order chi connectivity index (χ0) is 10.3. The van der Waals surface area contributed by atoms with E-state index in [-0.39, 0.29) is 5.82 Å². The average Bonchev–Trinajstić information content (AvgIpc) is 2.96. The van der Waals surface area contributed by atoms with Crippen molar-refractivity contribution >= 4 is 10.9 Å². The van der Waals surface area contributed by atoms with Gasteiger partial charge in [-0.25, -0.2) is 4.39 Å². The highest BCUT2D eigenvalue weighted by Gasteiger charge is 2.20. The van der Waals surface area contributed by atoms with Crippen molar-refractivity contribution in [2.45, 2.75) is 25.4 Å². The topological polar surface area (TPSA) is 27.8 Å². The first-order chi connectivity index (χ1) is 7.34. The molecule has 1 aliphatic carbocycles. The summed E-state index contributed by atoms with van der Waals surface area (Å²) in [7, 11) is 0. The molecule has 15 heavy (non-hydrogen) atoms. The molecule has 0 aliphatic heterocycles. The Bertz CT molecular complexity index is 485. The lowest BCUT2D eigenvalue weighted by atomic mass is 10.1. The van der Waals surface area contributed by atoms with Crippen LogP contribution in [0.3, 0.4) is 0 Å². The Labute approximate surface area is 87.5 Å². The van der Waals surface area contributed by atoms with Crippen molar-refractivity contribution in [2.24, 2.45) is 0 Å². The molecule has 3 heteroatoms. The van der Waals surface area contributed by atoms with Crippen LogP contribution >= 0.6 is 0 Å². The van der Waals surface area contributed by atoms with Crippen LogP contribution in [0.25, 0.3) is 10.9 Å². The molecule has 0 unspecified atom stereocenters. The Morgan fingerprint density at radius 1 is 1.40 bits per heavy atom. The van der Waals surface area contributed by atoms with Gasteiger partial charge < -0.3 is 10.3 Å². The van der Waals surface area contributed by atoms with Crippen LogP contribution < -0.4 is 5.32 Å². The molecule has 1 heterocycles. The lowest BCUT2D eigenvalue weighted by Gasteiger charge is -2.01. The van der Waals surface area contributed by atoms with Gasteiger partial charge in [0.1, 0.15) is 5.82 Å². The van der Waals surface area contributed by atoms with Gasteiger partial charge in [0.2, 0.25) is 0 Å². The zero-order valence-electron chi connectivity index (χ0n) is 8.39. The molecule has 0 amide bonds. The van der Waals surface area contributed by atoms with E-state index in [4.69, 9.17) is 0 Å². The summed E-state index contributed by atoms with van der Waals surface area (Å²) in [6.45, 7) is 0.756. The summed E-state index contributed by atoms with van der Waals surface area (Å²) in [6, 6.07) is 5.80. The van der Waals surface area contributed by atoms with E-state index in [0.29, 0.717) is 6.04 Å². The predicted octanol–water partition coefficient (Wildman–Crippen LogP) is 2.56. The summed E-state index contributed by atoms with van der Waals surface area (Å²) in [5.41, 5.74) is 1.90. The van der Waals surface area contributed by atoms with Crippen LogP contribution in [-0.4, -0.2) is 11.0 Å². The summed E-state index contributed by atoms with van der Waals surface area (Å²) in [5, 5.41) is 4.12.